The summed E-state index contributed by atoms with van der Waals surface area (Å²) in [5.74, 6) is 0.275. The van der Waals surface area contributed by atoms with Crippen LogP contribution in [0.5, 0.6) is 0 Å². The zero-order valence-electron chi connectivity index (χ0n) is 13.8. The zero-order valence-corrected chi connectivity index (χ0v) is 13.8. The molecule has 0 fully saturated rings. The van der Waals surface area contributed by atoms with Crippen molar-refractivity contribution in [2.24, 2.45) is 0 Å². The van der Waals surface area contributed by atoms with E-state index >= 15 is 0 Å². The lowest BCUT2D eigenvalue weighted by Gasteiger charge is -2.22. The second kappa shape index (κ2) is 5.80. The highest BCUT2D eigenvalue weighted by atomic mass is 16.5. The Morgan fingerprint density at radius 3 is 2.79 bits per heavy atom. The highest BCUT2D eigenvalue weighted by molar-refractivity contribution is 6.09. The first-order chi connectivity index (χ1) is 11.7. The van der Waals surface area contributed by atoms with Crippen molar-refractivity contribution in [3.63, 3.8) is 0 Å². The summed E-state index contributed by atoms with van der Waals surface area (Å²) in [6, 6.07) is 15.9. The van der Waals surface area contributed by atoms with Crippen LogP contribution < -0.4 is 4.90 Å². The number of ether oxygens (including phenoxy) is 1. The topological polar surface area (TPSA) is 42.7 Å². The van der Waals surface area contributed by atoms with E-state index in [1.165, 1.54) is 5.56 Å². The first kappa shape index (κ1) is 15.0. The minimum absolute atomic E-state index is 0.101. The lowest BCUT2D eigenvalue weighted by Crippen LogP contribution is -2.36. The van der Waals surface area contributed by atoms with E-state index in [1.807, 2.05) is 47.4 Å². The molecule has 0 unspecified atom stereocenters. The number of anilines is 1. The number of hydrogen-bond donors (Lipinski definition) is 0. The molecule has 4 rings (SSSR count). The molecule has 0 spiro atoms. The molecule has 0 bridgehead atoms. The van der Waals surface area contributed by atoms with Gasteiger partial charge in [0.25, 0.3) is 5.91 Å². The summed E-state index contributed by atoms with van der Waals surface area (Å²) < 4.78 is 11.2. The SMILES string of the molecule is COCc1c(C(=O)N2c3ccccc3C[C@H]2C)oc2ccccc12. The molecule has 3 aromatic rings. The number of carbonyl (C=O) groups excluding carboxylic acids is 1. The van der Waals surface area contributed by atoms with Crippen LogP contribution >= 0.6 is 0 Å². The predicted molar refractivity (Wildman–Crippen MR) is 93.3 cm³/mol. The second-order valence-corrected chi connectivity index (χ2v) is 6.20. The normalized spacial score (nSPS) is 16.6. The van der Waals surface area contributed by atoms with Crippen LogP contribution in [0.2, 0.25) is 0 Å². The molecule has 0 saturated heterocycles. The van der Waals surface area contributed by atoms with Crippen LogP contribution in [-0.4, -0.2) is 19.1 Å². The van der Waals surface area contributed by atoms with E-state index in [2.05, 4.69) is 13.0 Å². The summed E-state index contributed by atoms with van der Waals surface area (Å²) in [6.45, 7) is 2.42. The summed E-state index contributed by atoms with van der Waals surface area (Å²) in [5.41, 5.74) is 3.70. The summed E-state index contributed by atoms with van der Waals surface area (Å²) in [6.07, 6.45) is 0.863. The minimum atomic E-state index is -0.101. The van der Waals surface area contributed by atoms with Crippen LogP contribution in [-0.2, 0) is 17.8 Å². The van der Waals surface area contributed by atoms with Crippen molar-refractivity contribution < 1.29 is 13.9 Å². The predicted octanol–water partition coefficient (Wildman–Crippen LogP) is 4.17. The van der Waals surface area contributed by atoms with Gasteiger partial charge in [-0.15, -0.1) is 0 Å². The maximum Gasteiger partial charge on any atom is 0.294 e. The van der Waals surface area contributed by atoms with Crippen LogP contribution in [0.3, 0.4) is 0 Å². The third-order valence-corrected chi connectivity index (χ3v) is 4.61. The van der Waals surface area contributed by atoms with Crippen molar-refractivity contribution in [3.05, 3.63) is 65.4 Å². The number of para-hydroxylation sites is 2. The maximum absolute atomic E-state index is 13.3. The van der Waals surface area contributed by atoms with Crippen LogP contribution in [0.15, 0.2) is 52.9 Å². The van der Waals surface area contributed by atoms with Crippen molar-refractivity contribution in [1.29, 1.82) is 0 Å². The fourth-order valence-electron chi connectivity index (χ4n) is 3.54. The molecule has 1 atom stereocenters. The quantitative estimate of drug-likeness (QED) is 0.727. The maximum atomic E-state index is 13.3. The summed E-state index contributed by atoms with van der Waals surface area (Å²) >= 11 is 0. The molecule has 1 aromatic heterocycles. The molecular formula is C20H19NO3. The van der Waals surface area contributed by atoms with Crippen LogP contribution in [0.1, 0.15) is 28.6 Å². The third-order valence-electron chi connectivity index (χ3n) is 4.61. The molecule has 0 saturated carbocycles. The van der Waals surface area contributed by atoms with Gasteiger partial charge < -0.3 is 14.1 Å². The van der Waals surface area contributed by atoms with E-state index in [0.717, 1.165) is 23.1 Å². The van der Waals surface area contributed by atoms with Gasteiger partial charge in [0.2, 0.25) is 0 Å². The first-order valence-electron chi connectivity index (χ1n) is 8.11. The number of rotatable bonds is 3. The average Bonchev–Trinajstić information content (AvgIpc) is 3.12. The molecule has 24 heavy (non-hydrogen) atoms. The number of methoxy groups -OCH3 is 1. The van der Waals surface area contributed by atoms with Crippen molar-refractivity contribution in [2.45, 2.75) is 26.0 Å². The molecule has 2 heterocycles. The van der Waals surface area contributed by atoms with Gasteiger partial charge in [0.05, 0.1) is 6.61 Å². The molecule has 122 valence electrons. The highest BCUT2D eigenvalue weighted by Crippen LogP contribution is 2.35. The minimum Gasteiger partial charge on any atom is -0.450 e. The van der Waals surface area contributed by atoms with Gasteiger partial charge in [0, 0.05) is 29.8 Å². The van der Waals surface area contributed by atoms with E-state index in [-0.39, 0.29) is 11.9 Å². The van der Waals surface area contributed by atoms with Gasteiger partial charge in [-0.05, 0) is 31.0 Å². The van der Waals surface area contributed by atoms with Gasteiger partial charge in [0.15, 0.2) is 5.76 Å². The number of benzene rings is 2. The summed E-state index contributed by atoms with van der Waals surface area (Å²) in [5, 5.41) is 0.933. The molecule has 1 aliphatic heterocycles. The molecule has 4 heteroatoms. The van der Waals surface area contributed by atoms with Crippen molar-refractivity contribution in [3.8, 4) is 0 Å². The molecule has 1 aliphatic rings. The Hall–Kier alpha value is -2.59. The molecular weight excluding hydrogens is 302 g/mol. The van der Waals surface area contributed by atoms with Gasteiger partial charge in [-0.2, -0.15) is 0 Å². The Morgan fingerprint density at radius 1 is 1.21 bits per heavy atom. The smallest absolute Gasteiger partial charge is 0.294 e. The van der Waals surface area contributed by atoms with Gasteiger partial charge in [-0.25, -0.2) is 0 Å². The Kier molecular flexibility index (Phi) is 3.62. The standard InChI is InChI=1S/C20H19NO3/c1-13-11-14-7-3-5-9-17(14)21(13)20(22)19-16(12-23-2)15-8-4-6-10-18(15)24-19/h3-10,13H,11-12H2,1-2H3/t13-/m1/s1. The van der Waals surface area contributed by atoms with Gasteiger partial charge in [-0.3, -0.25) is 4.79 Å². The van der Waals surface area contributed by atoms with E-state index in [1.54, 1.807) is 7.11 Å². The fourth-order valence-corrected chi connectivity index (χ4v) is 3.54. The summed E-state index contributed by atoms with van der Waals surface area (Å²) in [7, 11) is 1.63. The van der Waals surface area contributed by atoms with Crippen LogP contribution in [0.4, 0.5) is 5.69 Å². The number of carbonyl (C=O) groups is 1. The molecule has 2 aromatic carbocycles. The van der Waals surface area contributed by atoms with Gasteiger partial charge in [0.1, 0.15) is 5.58 Å². The number of fused-ring (bicyclic) bond motifs is 2. The number of furan rings is 1. The molecule has 4 nitrogen and oxygen atoms in total. The van der Waals surface area contributed by atoms with Gasteiger partial charge >= 0.3 is 0 Å². The van der Waals surface area contributed by atoms with Crippen molar-refractivity contribution in [2.75, 3.05) is 12.0 Å². The van der Waals surface area contributed by atoms with Gasteiger partial charge in [-0.1, -0.05) is 36.4 Å². The highest BCUT2D eigenvalue weighted by Gasteiger charge is 2.34. The summed E-state index contributed by atoms with van der Waals surface area (Å²) in [4.78, 5) is 15.1. The molecule has 1 amide bonds. The Labute approximate surface area is 140 Å². The Bertz CT molecular complexity index is 912. The average molecular weight is 321 g/mol. The fraction of sp³-hybridized carbons (Fsp3) is 0.250. The Morgan fingerprint density at radius 2 is 1.96 bits per heavy atom. The zero-order chi connectivity index (χ0) is 16.7. The molecule has 0 N–H and O–H groups in total. The van der Waals surface area contributed by atoms with E-state index in [9.17, 15) is 4.79 Å². The lowest BCUT2D eigenvalue weighted by molar-refractivity contribution is 0.0950. The number of hydrogen-bond acceptors (Lipinski definition) is 3. The van der Waals surface area contributed by atoms with E-state index in [4.69, 9.17) is 9.15 Å². The van der Waals surface area contributed by atoms with E-state index in [0.29, 0.717) is 18.0 Å². The Balaban J connectivity index is 1.83. The van der Waals surface area contributed by atoms with E-state index < -0.39 is 0 Å². The number of amides is 1. The second-order valence-electron chi connectivity index (χ2n) is 6.20. The van der Waals surface area contributed by atoms with Crippen LogP contribution in [0.25, 0.3) is 11.0 Å². The first-order valence-corrected chi connectivity index (χ1v) is 8.11. The lowest BCUT2D eigenvalue weighted by atomic mass is 10.1. The monoisotopic (exact) mass is 321 g/mol. The van der Waals surface area contributed by atoms with Crippen molar-refractivity contribution >= 4 is 22.6 Å². The molecule has 0 radical (unpaired) electrons. The third kappa shape index (κ3) is 2.22. The van der Waals surface area contributed by atoms with Crippen molar-refractivity contribution in [1.82, 2.24) is 0 Å². The van der Waals surface area contributed by atoms with Crippen LogP contribution in [0, 0.1) is 0 Å². The molecule has 0 aliphatic carbocycles. The number of nitrogens with zero attached hydrogens (tertiary/aromatic N) is 1. The largest absolute Gasteiger partial charge is 0.450 e.